The number of phenolic OH excluding ortho intramolecular Hbond substituents is 2. The number of rotatable bonds is 5. The molecule has 0 aliphatic rings. The average molecular weight is 383 g/mol. The molecule has 0 bridgehead atoms. The summed E-state index contributed by atoms with van der Waals surface area (Å²) < 4.78 is 0. The number of hydrogen-bond acceptors (Lipinski definition) is 3. The van der Waals surface area contributed by atoms with Gasteiger partial charge in [0.1, 0.15) is 11.5 Å². The first kappa shape index (κ1) is 18.6. The van der Waals surface area contributed by atoms with E-state index in [4.69, 9.17) is 0 Å². The van der Waals surface area contributed by atoms with Crippen LogP contribution in [0.25, 0.3) is 21.9 Å². The van der Waals surface area contributed by atoms with Gasteiger partial charge in [-0.3, -0.25) is 4.79 Å². The van der Waals surface area contributed by atoms with Gasteiger partial charge in [0.2, 0.25) is 5.91 Å². The van der Waals surface area contributed by atoms with Gasteiger partial charge in [0, 0.05) is 12.1 Å². The van der Waals surface area contributed by atoms with E-state index in [1.807, 2.05) is 60.7 Å². The second kappa shape index (κ2) is 8.07. The SMILES string of the molecule is O=C(CCc1cc(O)cc(-c2ccc3cc(O)ccc3c2)c1)Nc1ccccc1. The Morgan fingerprint density at radius 2 is 1.48 bits per heavy atom. The summed E-state index contributed by atoms with van der Waals surface area (Å²) in [5.41, 5.74) is 3.53. The molecule has 0 radical (unpaired) electrons. The first-order valence-electron chi connectivity index (χ1n) is 9.48. The molecule has 0 aliphatic heterocycles. The summed E-state index contributed by atoms with van der Waals surface area (Å²) in [5, 5.41) is 24.6. The van der Waals surface area contributed by atoms with Crippen LogP contribution in [0.4, 0.5) is 5.69 Å². The Balaban J connectivity index is 1.51. The van der Waals surface area contributed by atoms with Crippen molar-refractivity contribution in [3.8, 4) is 22.6 Å². The summed E-state index contributed by atoms with van der Waals surface area (Å²) in [6.07, 6.45) is 0.857. The fourth-order valence-electron chi connectivity index (χ4n) is 3.40. The van der Waals surface area contributed by atoms with Gasteiger partial charge < -0.3 is 15.5 Å². The van der Waals surface area contributed by atoms with Crippen LogP contribution < -0.4 is 5.32 Å². The third-order valence-electron chi connectivity index (χ3n) is 4.83. The molecule has 144 valence electrons. The van der Waals surface area contributed by atoms with E-state index in [0.717, 1.165) is 33.2 Å². The second-order valence-corrected chi connectivity index (χ2v) is 7.05. The smallest absolute Gasteiger partial charge is 0.224 e. The number of carbonyl (C=O) groups excluding carboxylic acids is 1. The quantitative estimate of drug-likeness (QED) is 0.427. The summed E-state index contributed by atoms with van der Waals surface area (Å²) in [7, 11) is 0. The van der Waals surface area contributed by atoms with Gasteiger partial charge in [-0.25, -0.2) is 0 Å². The van der Waals surface area contributed by atoms with Crippen molar-refractivity contribution in [1.29, 1.82) is 0 Å². The van der Waals surface area contributed by atoms with Crippen LogP contribution >= 0.6 is 0 Å². The van der Waals surface area contributed by atoms with Crippen LogP contribution in [0.2, 0.25) is 0 Å². The highest BCUT2D eigenvalue weighted by atomic mass is 16.3. The van der Waals surface area contributed by atoms with Crippen LogP contribution in [0, 0.1) is 0 Å². The molecule has 0 saturated carbocycles. The minimum Gasteiger partial charge on any atom is -0.508 e. The van der Waals surface area contributed by atoms with Crippen LogP contribution in [0.3, 0.4) is 0 Å². The molecule has 0 unspecified atom stereocenters. The lowest BCUT2D eigenvalue weighted by molar-refractivity contribution is -0.116. The van der Waals surface area contributed by atoms with Gasteiger partial charge in [0.15, 0.2) is 0 Å². The molecule has 1 amide bonds. The lowest BCUT2D eigenvalue weighted by Gasteiger charge is -2.09. The third kappa shape index (κ3) is 4.55. The normalized spacial score (nSPS) is 10.8. The predicted molar refractivity (Wildman–Crippen MR) is 116 cm³/mol. The number of para-hydroxylation sites is 1. The molecular formula is C25H21NO3. The van der Waals surface area contributed by atoms with Crippen molar-refractivity contribution >= 4 is 22.4 Å². The molecule has 29 heavy (non-hydrogen) atoms. The number of nitrogens with one attached hydrogen (secondary N) is 1. The minimum absolute atomic E-state index is 0.0633. The molecule has 0 spiro atoms. The van der Waals surface area contributed by atoms with E-state index in [2.05, 4.69) is 5.32 Å². The Labute approximate surface area is 169 Å². The van der Waals surface area contributed by atoms with Crippen LogP contribution in [-0.2, 0) is 11.2 Å². The number of carbonyl (C=O) groups is 1. The van der Waals surface area contributed by atoms with E-state index in [9.17, 15) is 15.0 Å². The number of benzene rings is 4. The molecule has 4 nitrogen and oxygen atoms in total. The van der Waals surface area contributed by atoms with E-state index in [1.165, 1.54) is 0 Å². The lowest BCUT2D eigenvalue weighted by atomic mass is 9.98. The number of amides is 1. The highest BCUT2D eigenvalue weighted by molar-refractivity contribution is 5.91. The first-order chi connectivity index (χ1) is 14.1. The molecule has 0 atom stereocenters. The Bertz CT molecular complexity index is 1170. The fraction of sp³-hybridized carbons (Fsp3) is 0.0800. The van der Waals surface area contributed by atoms with Crippen LogP contribution in [0.1, 0.15) is 12.0 Å². The van der Waals surface area contributed by atoms with Crippen molar-refractivity contribution in [2.75, 3.05) is 5.32 Å². The fourth-order valence-corrected chi connectivity index (χ4v) is 3.40. The summed E-state index contributed by atoms with van der Waals surface area (Å²) in [4.78, 5) is 12.2. The zero-order valence-corrected chi connectivity index (χ0v) is 15.8. The largest absolute Gasteiger partial charge is 0.508 e. The maximum Gasteiger partial charge on any atom is 0.224 e. The van der Waals surface area contributed by atoms with Crippen molar-refractivity contribution in [2.45, 2.75) is 12.8 Å². The van der Waals surface area contributed by atoms with Gasteiger partial charge in [-0.2, -0.15) is 0 Å². The first-order valence-corrected chi connectivity index (χ1v) is 9.48. The second-order valence-electron chi connectivity index (χ2n) is 7.05. The molecule has 4 aromatic carbocycles. The Morgan fingerprint density at radius 1 is 0.724 bits per heavy atom. The Morgan fingerprint density at radius 3 is 2.31 bits per heavy atom. The molecule has 4 rings (SSSR count). The molecule has 0 aromatic heterocycles. The van der Waals surface area contributed by atoms with E-state index in [-0.39, 0.29) is 17.4 Å². The van der Waals surface area contributed by atoms with Gasteiger partial charge in [-0.1, -0.05) is 42.5 Å². The van der Waals surface area contributed by atoms with Crippen molar-refractivity contribution in [2.24, 2.45) is 0 Å². The zero-order valence-electron chi connectivity index (χ0n) is 15.8. The van der Waals surface area contributed by atoms with E-state index >= 15 is 0 Å². The van der Waals surface area contributed by atoms with Gasteiger partial charge in [-0.05, 0) is 76.3 Å². The van der Waals surface area contributed by atoms with Crippen molar-refractivity contribution in [3.05, 3.63) is 90.5 Å². The van der Waals surface area contributed by atoms with Gasteiger partial charge in [0.25, 0.3) is 0 Å². The number of anilines is 1. The average Bonchev–Trinajstić information content (AvgIpc) is 2.72. The molecule has 4 heteroatoms. The molecule has 0 aliphatic carbocycles. The molecule has 0 fully saturated rings. The maximum atomic E-state index is 12.2. The van der Waals surface area contributed by atoms with E-state index < -0.39 is 0 Å². The minimum atomic E-state index is -0.0633. The standard InChI is InChI=1S/C25H21NO3/c27-23-10-9-18-14-19(7-8-20(18)15-23)21-12-17(13-24(28)16-21)6-11-25(29)26-22-4-2-1-3-5-22/h1-5,7-10,12-16,27-28H,6,11H2,(H,26,29). The van der Waals surface area contributed by atoms with Gasteiger partial charge in [0.05, 0.1) is 0 Å². The van der Waals surface area contributed by atoms with Gasteiger partial charge >= 0.3 is 0 Å². The lowest BCUT2D eigenvalue weighted by Crippen LogP contribution is -2.12. The molecule has 4 aromatic rings. The van der Waals surface area contributed by atoms with E-state index in [0.29, 0.717) is 12.8 Å². The Kier molecular flexibility index (Phi) is 5.16. The monoisotopic (exact) mass is 383 g/mol. The van der Waals surface area contributed by atoms with Crippen LogP contribution in [-0.4, -0.2) is 16.1 Å². The highest BCUT2D eigenvalue weighted by Crippen LogP contribution is 2.30. The molecule has 0 heterocycles. The van der Waals surface area contributed by atoms with Gasteiger partial charge in [-0.15, -0.1) is 0 Å². The summed E-state index contributed by atoms with van der Waals surface area (Å²) in [5.74, 6) is 0.344. The molecule has 0 saturated heterocycles. The summed E-state index contributed by atoms with van der Waals surface area (Å²) in [6.45, 7) is 0. The summed E-state index contributed by atoms with van der Waals surface area (Å²) >= 11 is 0. The van der Waals surface area contributed by atoms with Crippen LogP contribution in [0.15, 0.2) is 84.9 Å². The number of aromatic hydroxyl groups is 2. The number of aryl methyl sites for hydroxylation is 1. The Hall–Kier alpha value is -3.79. The predicted octanol–water partition coefficient (Wildman–Crippen LogP) is 5.49. The summed E-state index contributed by atoms with van der Waals surface area (Å²) in [6, 6.07) is 25.9. The zero-order chi connectivity index (χ0) is 20.2. The maximum absolute atomic E-state index is 12.2. The number of hydrogen-bond donors (Lipinski definition) is 3. The number of phenols is 2. The van der Waals surface area contributed by atoms with Crippen molar-refractivity contribution in [3.63, 3.8) is 0 Å². The third-order valence-corrected chi connectivity index (χ3v) is 4.83. The molecule has 3 N–H and O–H groups in total. The van der Waals surface area contributed by atoms with E-state index in [1.54, 1.807) is 24.3 Å². The van der Waals surface area contributed by atoms with Crippen LogP contribution in [0.5, 0.6) is 11.5 Å². The number of fused-ring (bicyclic) bond motifs is 1. The highest BCUT2D eigenvalue weighted by Gasteiger charge is 2.08. The van der Waals surface area contributed by atoms with Crippen molar-refractivity contribution in [1.82, 2.24) is 0 Å². The van der Waals surface area contributed by atoms with Crippen molar-refractivity contribution < 1.29 is 15.0 Å². The molecular weight excluding hydrogens is 362 g/mol. The topological polar surface area (TPSA) is 69.6 Å².